The predicted molar refractivity (Wildman–Crippen MR) is 256 cm³/mol. The minimum absolute atomic E-state index is 0.358. The zero-order chi connectivity index (χ0) is 43.1. The van der Waals surface area contributed by atoms with Gasteiger partial charge < -0.3 is 25.7 Å². The van der Waals surface area contributed by atoms with Crippen molar-refractivity contribution in [1.82, 2.24) is 5.32 Å². The Morgan fingerprint density at radius 2 is 0.678 bits per heavy atom. The minimum atomic E-state index is -1.26. The molecule has 0 spiro atoms. The average Bonchev–Trinajstić information content (AvgIpc) is 3.24. The SMILES string of the molecule is CCCCCCCCCCC/C=C\CCCCCCC(O)C(=O)NC(CO)C(O)C(O)CCCCCCCCCCCCCCCCCCCCCCCCCCCC. The number of allylic oxidation sites excluding steroid dienone is 2. The van der Waals surface area contributed by atoms with E-state index >= 15 is 0 Å². The molecular formula is C53H105NO5. The van der Waals surface area contributed by atoms with Crippen molar-refractivity contribution < 1.29 is 25.2 Å². The quantitative estimate of drug-likeness (QED) is 0.0310. The van der Waals surface area contributed by atoms with E-state index in [0.717, 1.165) is 51.4 Å². The van der Waals surface area contributed by atoms with Crippen LogP contribution in [-0.2, 0) is 4.79 Å². The smallest absolute Gasteiger partial charge is 0.249 e. The Morgan fingerprint density at radius 1 is 0.407 bits per heavy atom. The number of hydrogen-bond acceptors (Lipinski definition) is 5. The molecule has 0 saturated heterocycles. The molecule has 6 nitrogen and oxygen atoms in total. The fourth-order valence-electron chi connectivity index (χ4n) is 8.52. The molecule has 0 saturated carbocycles. The number of aliphatic hydroxyl groups is 4. The van der Waals surface area contributed by atoms with Crippen molar-refractivity contribution in [3.8, 4) is 0 Å². The Morgan fingerprint density at radius 3 is 0.983 bits per heavy atom. The van der Waals surface area contributed by atoms with Crippen molar-refractivity contribution in [3.63, 3.8) is 0 Å². The monoisotopic (exact) mass is 836 g/mol. The maximum absolute atomic E-state index is 12.6. The molecule has 0 aromatic rings. The molecule has 0 aromatic carbocycles. The lowest BCUT2D eigenvalue weighted by atomic mass is 9.99. The van der Waals surface area contributed by atoms with Crippen LogP contribution in [0, 0.1) is 0 Å². The van der Waals surface area contributed by atoms with Crippen LogP contribution in [0.25, 0.3) is 0 Å². The van der Waals surface area contributed by atoms with Crippen LogP contribution in [0.3, 0.4) is 0 Å². The first-order valence-corrected chi connectivity index (χ1v) is 26.6. The van der Waals surface area contributed by atoms with Crippen molar-refractivity contribution >= 4 is 5.91 Å². The van der Waals surface area contributed by atoms with Crippen molar-refractivity contribution in [2.24, 2.45) is 0 Å². The van der Waals surface area contributed by atoms with Gasteiger partial charge in [-0.2, -0.15) is 0 Å². The second kappa shape index (κ2) is 48.1. The summed E-state index contributed by atoms with van der Waals surface area (Å²) in [6, 6.07) is -0.987. The Labute approximate surface area is 368 Å². The number of amides is 1. The first-order chi connectivity index (χ1) is 29.0. The standard InChI is InChI=1S/C53H105NO5/c1-3-5-7-9-11-13-15-17-19-21-22-23-24-25-26-27-28-29-31-32-34-36-38-40-42-44-46-50(56)52(58)49(48-55)54-53(59)51(57)47-45-43-41-39-37-35-33-30-20-18-16-14-12-10-8-6-4-2/h33,35,49-52,55-58H,3-32,34,36-48H2,1-2H3,(H,54,59)/b35-33-. The number of carbonyl (C=O) groups excluding carboxylic acids is 1. The number of aliphatic hydroxyl groups excluding tert-OH is 4. The fraction of sp³-hybridized carbons (Fsp3) is 0.943. The topological polar surface area (TPSA) is 110 Å². The van der Waals surface area contributed by atoms with Crippen LogP contribution in [0.15, 0.2) is 12.2 Å². The van der Waals surface area contributed by atoms with E-state index in [1.807, 2.05) is 0 Å². The average molecular weight is 836 g/mol. The molecule has 5 N–H and O–H groups in total. The van der Waals surface area contributed by atoms with Crippen LogP contribution in [-0.4, -0.2) is 57.3 Å². The van der Waals surface area contributed by atoms with Gasteiger partial charge in [-0.1, -0.05) is 264 Å². The minimum Gasteiger partial charge on any atom is -0.394 e. The first kappa shape index (κ1) is 58.0. The van der Waals surface area contributed by atoms with Gasteiger partial charge in [0.05, 0.1) is 18.8 Å². The second-order valence-corrected chi connectivity index (χ2v) is 18.6. The van der Waals surface area contributed by atoms with Crippen molar-refractivity contribution in [2.75, 3.05) is 6.61 Å². The number of nitrogens with one attached hydrogen (secondary N) is 1. The molecule has 0 aliphatic carbocycles. The third-order valence-electron chi connectivity index (χ3n) is 12.7. The van der Waals surface area contributed by atoms with Gasteiger partial charge in [-0.15, -0.1) is 0 Å². The van der Waals surface area contributed by atoms with Gasteiger partial charge in [0.15, 0.2) is 0 Å². The molecule has 4 atom stereocenters. The van der Waals surface area contributed by atoms with Gasteiger partial charge in [0, 0.05) is 0 Å². The fourth-order valence-corrected chi connectivity index (χ4v) is 8.52. The summed E-state index contributed by atoms with van der Waals surface area (Å²) in [7, 11) is 0. The second-order valence-electron chi connectivity index (χ2n) is 18.6. The normalized spacial score (nSPS) is 13.9. The summed E-state index contributed by atoms with van der Waals surface area (Å²) in [5.74, 6) is -0.588. The van der Waals surface area contributed by atoms with Crippen LogP contribution in [0.2, 0.25) is 0 Å². The molecule has 0 radical (unpaired) electrons. The molecule has 59 heavy (non-hydrogen) atoms. The maximum atomic E-state index is 12.6. The predicted octanol–water partition coefficient (Wildman–Crippen LogP) is 14.9. The number of hydrogen-bond donors (Lipinski definition) is 5. The lowest BCUT2D eigenvalue weighted by Gasteiger charge is -2.27. The van der Waals surface area contributed by atoms with Gasteiger partial charge in [-0.3, -0.25) is 4.79 Å². The molecule has 4 unspecified atom stereocenters. The Hall–Kier alpha value is -0.950. The molecule has 352 valence electrons. The summed E-state index contributed by atoms with van der Waals surface area (Å²) >= 11 is 0. The molecule has 1 amide bonds. The van der Waals surface area contributed by atoms with E-state index in [0.29, 0.717) is 12.8 Å². The zero-order valence-corrected chi connectivity index (χ0v) is 39.8. The molecular weight excluding hydrogens is 731 g/mol. The summed E-state index contributed by atoms with van der Waals surface area (Å²) in [6.07, 6.45) is 55.5. The van der Waals surface area contributed by atoms with E-state index in [2.05, 4.69) is 31.3 Å². The van der Waals surface area contributed by atoms with Gasteiger partial charge in [0.1, 0.15) is 12.2 Å². The highest BCUT2D eigenvalue weighted by Crippen LogP contribution is 2.18. The van der Waals surface area contributed by atoms with E-state index in [4.69, 9.17) is 0 Å². The first-order valence-electron chi connectivity index (χ1n) is 26.6. The maximum Gasteiger partial charge on any atom is 0.249 e. The number of unbranched alkanes of at least 4 members (excludes halogenated alkanes) is 38. The molecule has 0 aliphatic heterocycles. The lowest BCUT2D eigenvalue weighted by molar-refractivity contribution is -0.132. The molecule has 0 bridgehead atoms. The van der Waals surface area contributed by atoms with E-state index < -0.39 is 36.9 Å². The molecule has 0 heterocycles. The van der Waals surface area contributed by atoms with Crippen molar-refractivity contribution in [1.29, 1.82) is 0 Å². The molecule has 0 aliphatic rings. The molecule has 0 aromatic heterocycles. The van der Waals surface area contributed by atoms with Gasteiger partial charge in [-0.05, 0) is 38.5 Å². The summed E-state index contributed by atoms with van der Waals surface area (Å²) in [6.45, 7) is 4.08. The van der Waals surface area contributed by atoms with E-state index in [-0.39, 0.29) is 0 Å². The highest BCUT2D eigenvalue weighted by molar-refractivity contribution is 5.80. The van der Waals surface area contributed by atoms with Gasteiger partial charge in [0.25, 0.3) is 0 Å². The summed E-state index contributed by atoms with van der Waals surface area (Å²) < 4.78 is 0. The van der Waals surface area contributed by atoms with E-state index in [9.17, 15) is 25.2 Å². The Balaban J connectivity index is 3.62. The third-order valence-corrected chi connectivity index (χ3v) is 12.7. The van der Waals surface area contributed by atoms with Crippen LogP contribution in [0.1, 0.15) is 290 Å². The van der Waals surface area contributed by atoms with Crippen LogP contribution < -0.4 is 5.32 Å². The summed E-state index contributed by atoms with van der Waals surface area (Å²) in [5, 5.41) is 43.9. The third kappa shape index (κ3) is 42.1. The summed E-state index contributed by atoms with van der Waals surface area (Å²) in [4.78, 5) is 12.6. The molecule has 0 fully saturated rings. The van der Waals surface area contributed by atoms with Crippen molar-refractivity contribution in [3.05, 3.63) is 12.2 Å². The highest BCUT2D eigenvalue weighted by atomic mass is 16.3. The number of rotatable bonds is 49. The van der Waals surface area contributed by atoms with E-state index in [1.165, 1.54) is 212 Å². The van der Waals surface area contributed by atoms with Crippen LogP contribution in [0.5, 0.6) is 0 Å². The lowest BCUT2D eigenvalue weighted by Crippen LogP contribution is -2.53. The zero-order valence-electron chi connectivity index (χ0n) is 39.8. The molecule has 6 heteroatoms. The largest absolute Gasteiger partial charge is 0.394 e. The Bertz CT molecular complexity index is 852. The number of carbonyl (C=O) groups is 1. The van der Waals surface area contributed by atoms with Gasteiger partial charge >= 0.3 is 0 Å². The van der Waals surface area contributed by atoms with Crippen LogP contribution >= 0.6 is 0 Å². The Kier molecular flexibility index (Phi) is 47.3. The van der Waals surface area contributed by atoms with Gasteiger partial charge in [0.2, 0.25) is 5.91 Å². The van der Waals surface area contributed by atoms with E-state index in [1.54, 1.807) is 0 Å². The van der Waals surface area contributed by atoms with Crippen LogP contribution in [0.4, 0.5) is 0 Å². The van der Waals surface area contributed by atoms with Crippen molar-refractivity contribution in [2.45, 2.75) is 314 Å². The molecule has 0 rings (SSSR count). The van der Waals surface area contributed by atoms with Gasteiger partial charge in [-0.25, -0.2) is 0 Å². The summed E-state index contributed by atoms with van der Waals surface area (Å²) in [5.41, 5.74) is 0. The highest BCUT2D eigenvalue weighted by Gasteiger charge is 2.28.